The van der Waals surface area contributed by atoms with Crippen molar-refractivity contribution in [1.29, 1.82) is 0 Å². The van der Waals surface area contributed by atoms with Gasteiger partial charge in [0.05, 0.1) is 11.4 Å². The van der Waals surface area contributed by atoms with Gasteiger partial charge in [-0.3, -0.25) is 9.59 Å². The first-order valence-electron chi connectivity index (χ1n) is 7.80. The topological polar surface area (TPSA) is 104 Å². The fourth-order valence-electron chi connectivity index (χ4n) is 1.89. The van der Waals surface area contributed by atoms with E-state index >= 15 is 0 Å². The van der Waals surface area contributed by atoms with Crippen LogP contribution in [0.15, 0.2) is 29.2 Å². The summed E-state index contributed by atoms with van der Waals surface area (Å²) >= 11 is 0. The Kier molecular flexibility index (Phi) is 7.87. The number of amides is 2. The van der Waals surface area contributed by atoms with Crippen molar-refractivity contribution in [2.75, 3.05) is 13.6 Å². The summed E-state index contributed by atoms with van der Waals surface area (Å²) in [6.07, 6.45) is 1.18. The maximum atomic E-state index is 11.7. The summed E-state index contributed by atoms with van der Waals surface area (Å²) in [5.41, 5.74) is 0.658. The molecule has 0 aliphatic carbocycles. The van der Waals surface area contributed by atoms with Crippen molar-refractivity contribution >= 4 is 21.8 Å². The molecule has 24 heavy (non-hydrogen) atoms. The largest absolute Gasteiger partial charge is 0.350 e. The lowest BCUT2D eigenvalue weighted by Gasteiger charge is -2.09. The minimum absolute atomic E-state index is 0.0918. The van der Waals surface area contributed by atoms with E-state index < -0.39 is 10.0 Å². The fourth-order valence-corrected chi connectivity index (χ4v) is 2.69. The molecular formula is C16H25N3O4S. The van der Waals surface area contributed by atoms with Gasteiger partial charge in [0.2, 0.25) is 21.8 Å². The van der Waals surface area contributed by atoms with Crippen LogP contribution in [0.25, 0.3) is 0 Å². The molecule has 0 unspecified atom stereocenters. The van der Waals surface area contributed by atoms with Crippen molar-refractivity contribution in [3.63, 3.8) is 0 Å². The van der Waals surface area contributed by atoms with Crippen LogP contribution < -0.4 is 15.4 Å². The molecule has 0 heterocycles. The van der Waals surface area contributed by atoms with Gasteiger partial charge in [-0.2, -0.15) is 0 Å². The highest BCUT2D eigenvalue weighted by Gasteiger charge is 2.12. The molecule has 0 radical (unpaired) electrons. The smallest absolute Gasteiger partial charge is 0.240 e. The van der Waals surface area contributed by atoms with Gasteiger partial charge in [0.15, 0.2) is 0 Å². The summed E-state index contributed by atoms with van der Waals surface area (Å²) in [5, 5.41) is 5.21. The molecule has 0 saturated heterocycles. The highest BCUT2D eigenvalue weighted by molar-refractivity contribution is 7.89. The number of sulfonamides is 1. The van der Waals surface area contributed by atoms with E-state index in [2.05, 4.69) is 15.4 Å². The SMILES string of the molecule is CNS(=O)(=O)c1cccc(CNC(=O)CNC(=O)CCC(C)C)c1. The van der Waals surface area contributed by atoms with Crippen molar-refractivity contribution in [2.24, 2.45) is 5.92 Å². The molecule has 0 aliphatic heterocycles. The van der Waals surface area contributed by atoms with Crippen LogP contribution in [-0.4, -0.2) is 33.8 Å². The van der Waals surface area contributed by atoms with Gasteiger partial charge >= 0.3 is 0 Å². The number of rotatable bonds is 9. The van der Waals surface area contributed by atoms with Crippen LogP contribution in [0.5, 0.6) is 0 Å². The molecule has 1 rings (SSSR count). The Balaban J connectivity index is 2.45. The lowest BCUT2D eigenvalue weighted by atomic mass is 10.1. The second-order valence-corrected chi connectivity index (χ2v) is 7.73. The van der Waals surface area contributed by atoms with Crippen LogP contribution in [0.1, 0.15) is 32.3 Å². The summed E-state index contributed by atoms with van der Waals surface area (Å²) in [6.45, 7) is 4.16. The Hall–Kier alpha value is -1.93. The molecule has 1 aromatic carbocycles. The van der Waals surface area contributed by atoms with E-state index in [0.717, 1.165) is 6.42 Å². The second-order valence-electron chi connectivity index (χ2n) is 5.84. The van der Waals surface area contributed by atoms with E-state index in [1.54, 1.807) is 12.1 Å². The van der Waals surface area contributed by atoms with Crippen LogP contribution in [0.3, 0.4) is 0 Å². The quantitative estimate of drug-likeness (QED) is 0.608. The summed E-state index contributed by atoms with van der Waals surface area (Å²) in [4.78, 5) is 23.4. The molecule has 8 heteroatoms. The molecule has 0 atom stereocenters. The first kappa shape index (κ1) is 20.1. The zero-order chi connectivity index (χ0) is 18.2. The Bertz CT molecular complexity index is 672. The zero-order valence-corrected chi connectivity index (χ0v) is 15.1. The highest BCUT2D eigenvalue weighted by atomic mass is 32.2. The number of hydrogen-bond acceptors (Lipinski definition) is 4. The van der Waals surface area contributed by atoms with Crippen LogP contribution >= 0.6 is 0 Å². The molecule has 0 saturated carbocycles. The Morgan fingerprint density at radius 1 is 1.12 bits per heavy atom. The van der Waals surface area contributed by atoms with Gasteiger partial charge in [-0.1, -0.05) is 26.0 Å². The van der Waals surface area contributed by atoms with Crippen molar-refractivity contribution in [3.8, 4) is 0 Å². The van der Waals surface area contributed by atoms with E-state index in [9.17, 15) is 18.0 Å². The molecule has 0 spiro atoms. The molecule has 0 aromatic heterocycles. The molecule has 0 aliphatic rings. The molecule has 2 amide bonds. The summed E-state index contributed by atoms with van der Waals surface area (Å²) in [7, 11) is -2.17. The Morgan fingerprint density at radius 2 is 1.83 bits per heavy atom. The van der Waals surface area contributed by atoms with Gasteiger partial charge in [-0.25, -0.2) is 13.1 Å². The zero-order valence-electron chi connectivity index (χ0n) is 14.3. The van der Waals surface area contributed by atoms with E-state index in [-0.39, 0.29) is 29.8 Å². The summed E-state index contributed by atoms with van der Waals surface area (Å²) in [5.74, 6) is -0.0403. The fraction of sp³-hybridized carbons (Fsp3) is 0.500. The average molecular weight is 355 g/mol. The number of benzene rings is 1. The highest BCUT2D eigenvalue weighted by Crippen LogP contribution is 2.10. The number of carbonyl (C=O) groups excluding carboxylic acids is 2. The van der Waals surface area contributed by atoms with Gasteiger partial charge in [0, 0.05) is 13.0 Å². The van der Waals surface area contributed by atoms with Crippen molar-refractivity contribution in [1.82, 2.24) is 15.4 Å². The van der Waals surface area contributed by atoms with E-state index in [4.69, 9.17) is 0 Å². The maximum Gasteiger partial charge on any atom is 0.240 e. The Morgan fingerprint density at radius 3 is 2.46 bits per heavy atom. The van der Waals surface area contributed by atoms with Gasteiger partial charge in [0.1, 0.15) is 0 Å². The van der Waals surface area contributed by atoms with Gasteiger partial charge < -0.3 is 10.6 Å². The summed E-state index contributed by atoms with van der Waals surface area (Å²) in [6, 6.07) is 6.30. The van der Waals surface area contributed by atoms with Crippen LogP contribution in [0, 0.1) is 5.92 Å². The minimum atomic E-state index is -3.51. The van der Waals surface area contributed by atoms with Crippen LogP contribution in [0.2, 0.25) is 0 Å². The van der Waals surface area contributed by atoms with Crippen molar-refractivity contribution in [3.05, 3.63) is 29.8 Å². The standard InChI is InChI=1S/C16H25N3O4S/c1-12(2)7-8-15(20)19-11-16(21)18-10-13-5-4-6-14(9-13)24(22,23)17-3/h4-6,9,12,17H,7-8,10-11H2,1-3H3,(H,18,21)(H,19,20). The average Bonchev–Trinajstić information content (AvgIpc) is 2.56. The van der Waals surface area contributed by atoms with Crippen molar-refractivity contribution < 1.29 is 18.0 Å². The Labute approximate surface area is 143 Å². The van der Waals surface area contributed by atoms with Crippen LogP contribution in [-0.2, 0) is 26.2 Å². The van der Waals surface area contributed by atoms with E-state index in [1.165, 1.54) is 19.2 Å². The predicted molar refractivity (Wildman–Crippen MR) is 91.6 cm³/mol. The third kappa shape index (κ3) is 7.10. The normalized spacial score (nSPS) is 11.3. The molecule has 0 fully saturated rings. The second kappa shape index (κ2) is 9.39. The first-order chi connectivity index (χ1) is 11.2. The molecule has 7 nitrogen and oxygen atoms in total. The number of hydrogen-bond donors (Lipinski definition) is 3. The van der Waals surface area contributed by atoms with Gasteiger partial charge in [-0.05, 0) is 37.1 Å². The third-order valence-corrected chi connectivity index (χ3v) is 4.77. The minimum Gasteiger partial charge on any atom is -0.350 e. The van der Waals surface area contributed by atoms with Crippen LogP contribution in [0.4, 0.5) is 0 Å². The van der Waals surface area contributed by atoms with Gasteiger partial charge in [0.25, 0.3) is 0 Å². The van der Waals surface area contributed by atoms with Crippen molar-refractivity contribution in [2.45, 2.75) is 38.1 Å². The molecule has 1 aromatic rings. The molecular weight excluding hydrogens is 330 g/mol. The first-order valence-corrected chi connectivity index (χ1v) is 9.29. The predicted octanol–water partition coefficient (Wildman–Crippen LogP) is 0.763. The van der Waals surface area contributed by atoms with E-state index in [0.29, 0.717) is 17.9 Å². The number of nitrogens with one attached hydrogen (secondary N) is 3. The maximum absolute atomic E-state index is 11.7. The lowest BCUT2D eigenvalue weighted by molar-refractivity contribution is -0.126. The molecule has 134 valence electrons. The van der Waals surface area contributed by atoms with Gasteiger partial charge in [-0.15, -0.1) is 0 Å². The molecule has 3 N–H and O–H groups in total. The lowest BCUT2D eigenvalue weighted by Crippen LogP contribution is -2.36. The number of carbonyl (C=O) groups is 2. The monoisotopic (exact) mass is 355 g/mol. The summed E-state index contributed by atoms with van der Waals surface area (Å²) < 4.78 is 25.7. The van der Waals surface area contributed by atoms with E-state index in [1.807, 2.05) is 13.8 Å². The molecule has 0 bridgehead atoms. The third-order valence-electron chi connectivity index (χ3n) is 3.36.